The summed E-state index contributed by atoms with van der Waals surface area (Å²) in [6.07, 6.45) is 4.42. The minimum Gasteiger partial charge on any atom is -0.350 e. The fourth-order valence-corrected chi connectivity index (χ4v) is 4.72. The molecule has 38 heavy (non-hydrogen) atoms. The van der Waals surface area contributed by atoms with E-state index in [1.54, 1.807) is 16.4 Å². The predicted octanol–water partition coefficient (Wildman–Crippen LogP) is 3.44. The van der Waals surface area contributed by atoms with Gasteiger partial charge in [-0.15, -0.1) is 5.10 Å². The van der Waals surface area contributed by atoms with Gasteiger partial charge in [0, 0.05) is 31.0 Å². The van der Waals surface area contributed by atoms with Crippen molar-refractivity contribution >= 4 is 23.4 Å². The lowest BCUT2D eigenvalue weighted by Gasteiger charge is -2.18. The van der Waals surface area contributed by atoms with Crippen LogP contribution in [0, 0.1) is 11.8 Å². The SMILES string of the molecule is CC(C)C(CC(=O)NO)C(=O)NCc1cn(CCCCC(=O)Nc2ccc3c(c2)Cc2ccccc2-3)nn1. The first kappa shape index (κ1) is 27.0. The molecule has 3 amide bonds. The van der Waals surface area contributed by atoms with Crippen LogP contribution in [0.4, 0.5) is 5.69 Å². The summed E-state index contributed by atoms with van der Waals surface area (Å²) in [5, 5.41) is 22.7. The van der Waals surface area contributed by atoms with Gasteiger partial charge in [-0.25, -0.2) is 5.48 Å². The molecule has 0 saturated heterocycles. The van der Waals surface area contributed by atoms with Crippen LogP contribution in [0.1, 0.15) is 56.4 Å². The van der Waals surface area contributed by atoms with Crippen LogP contribution in [0.2, 0.25) is 0 Å². The summed E-state index contributed by atoms with van der Waals surface area (Å²) in [5.41, 5.74) is 8.04. The maximum Gasteiger partial charge on any atom is 0.244 e. The van der Waals surface area contributed by atoms with Crippen molar-refractivity contribution in [3.8, 4) is 11.1 Å². The second-order valence-corrected chi connectivity index (χ2v) is 9.99. The molecule has 0 aliphatic heterocycles. The summed E-state index contributed by atoms with van der Waals surface area (Å²) in [4.78, 5) is 36.4. The molecule has 0 spiro atoms. The number of hydrogen-bond acceptors (Lipinski definition) is 6. The fourth-order valence-electron chi connectivity index (χ4n) is 4.72. The Labute approximate surface area is 221 Å². The molecule has 10 heteroatoms. The van der Waals surface area contributed by atoms with Gasteiger partial charge in [0.1, 0.15) is 5.69 Å². The third-order valence-electron chi connectivity index (χ3n) is 6.82. The van der Waals surface area contributed by atoms with Gasteiger partial charge in [0.25, 0.3) is 0 Å². The summed E-state index contributed by atoms with van der Waals surface area (Å²) in [5.74, 6) is -1.53. The number of nitrogens with one attached hydrogen (secondary N) is 3. The van der Waals surface area contributed by atoms with Crippen LogP contribution in [-0.4, -0.2) is 37.9 Å². The van der Waals surface area contributed by atoms with E-state index in [9.17, 15) is 14.4 Å². The Kier molecular flexibility index (Phi) is 8.85. The molecule has 10 nitrogen and oxygen atoms in total. The van der Waals surface area contributed by atoms with Crippen molar-refractivity contribution in [3.63, 3.8) is 0 Å². The van der Waals surface area contributed by atoms with E-state index in [-0.39, 0.29) is 30.7 Å². The fraction of sp³-hybridized carbons (Fsp3) is 0.393. The molecule has 4 rings (SSSR count). The predicted molar refractivity (Wildman–Crippen MR) is 142 cm³/mol. The van der Waals surface area contributed by atoms with Crippen molar-refractivity contribution < 1.29 is 19.6 Å². The Morgan fingerprint density at radius 3 is 2.61 bits per heavy atom. The van der Waals surface area contributed by atoms with Gasteiger partial charge in [-0.2, -0.15) is 0 Å². The molecular formula is C28H34N6O4. The number of rotatable bonds is 12. The van der Waals surface area contributed by atoms with Gasteiger partial charge in [-0.05, 0) is 59.6 Å². The van der Waals surface area contributed by atoms with Crippen LogP contribution in [-0.2, 0) is 33.9 Å². The van der Waals surface area contributed by atoms with Gasteiger partial charge in [-0.3, -0.25) is 24.3 Å². The largest absolute Gasteiger partial charge is 0.350 e. The van der Waals surface area contributed by atoms with E-state index in [1.807, 2.05) is 26.0 Å². The summed E-state index contributed by atoms with van der Waals surface area (Å²) in [6.45, 7) is 4.49. The number of hydroxylamine groups is 1. The van der Waals surface area contributed by atoms with Crippen molar-refractivity contribution in [1.29, 1.82) is 0 Å². The average molecular weight is 519 g/mol. The summed E-state index contributed by atoms with van der Waals surface area (Å²) >= 11 is 0. The normalized spacial score (nSPS) is 12.5. The molecule has 1 heterocycles. The minimum absolute atomic E-state index is 0.0166. The molecular weight excluding hydrogens is 484 g/mol. The van der Waals surface area contributed by atoms with E-state index in [4.69, 9.17) is 5.21 Å². The topological polar surface area (TPSA) is 138 Å². The second-order valence-electron chi connectivity index (χ2n) is 9.99. The average Bonchev–Trinajstić information content (AvgIpc) is 3.51. The number of anilines is 1. The first-order valence-electron chi connectivity index (χ1n) is 12.9. The number of carbonyl (C=O) groups excluding carboxylic acids is 3. The van der Waals surface area contributed by atoms with E-state index in [0.29, 0.717) is 25.1 Å². The van der Waals surface area contributed by atoms with Crippen molar-refractivity contribution in [2.45, 2.75) is 59.0 Å². The van der Waals surface area contributed by atoms with Gasteiger partial charge < -0.3 is 10.6 Å². The number of nitrogens with zero attached hydrogens (tertiary/aromatic N) is 3. The molecule has 1 aliphatic rings. The highest BCUT2D eigenvalue weighted by molar-refractivity contribution is 5.91. The Balaban J connectivity index is 1.17. The number of hydrogen-bond donors (Lipinski definition) is 4. The maximum absolute atomic E-state index is 12.5. The number of aromatic nitrogens is 3. The molecule has 0 fully saturated rings. The Morgan fingerprint density at radius 1 is 1.03 bits per heavy atom. The number of aryl methyl sites for hydroxylation is 1. The quantitative estimate of drug-likeness (QED) is 0.129. The Hall–Kier alpha value is -4.05. The highest BCUT2D eigenvalue weighted by atomic mass is 16.5. The summed E-state index contributed by atoms with van der Waals surface area (Å²) in [6, 6.07) is 14.5. The number of benzene rings is 2. The van der Waals surface area contributed by atoms with Crippen LogP contribution in [0.25, 0.3) is 11.1 Å². The minimum atomic E-state index is -0.600. The van der Waals surface area contributed by atoms with E-state index >= 15 is 0 Å². The first-order chi connectivity index (χ1) is 18.3. The lowest BCUT2D eigenvalue weighted by atomic mass is 9.91. The molecule has 4 N–H and O–H groups in total. The number of unbranched alkanes of at least 4 members (excludes halogenated alkanes) is 1. The highest BCUT2D eigenvalue weighted by Gasteiger charge is 2.25. The third kappa shape index (κ3) is 6.83. The lowest BCUT2D eigenvalue weighted by Crippen LogP contribution is -2.36. The maximum atomic E-state index is 12.5. The highest BCUT2D eigenvalue weighted by Crippen LogP contribution is 2.37. The smallest absolute Gasteiger partial charge is 0.244 e. The summed E-state index contributed by atoms with van der Waals surface area (Å²) < 4.78 is 1.69. The number of amides is 3. The van der Waals surface area contributed by atoms with E-state index in [2.05, 4.69) is 51.3 Å². The lowest BCUT2D eigenvalue weighted by molar-refractivity contribution is -0.136. The second kappa shape index (κ2) is 12.5. The van der Waals surface area contributed by atoms with Crippen molar-refractivity contribution in [1.82, 2.24) is 25.8 Å². The molecule has 0 bridgehead atoms. The molecule has 1 aromatic heterocycles. The Bertz CT molecular complexity index is 1300. The molecule has 1 unspecified atom stereocenters. The van der Waals surface area contributed by atoms with Gasteiger partial charge >= 0.3 is 0 Å². The zero-order chi connectivity index (χ0) is 27.1. The van der Waals surface area contributed by atoms with Crippen molar-refractivity contribution in [2.24, 2.45) is 11.8 Å². The Morgan fingerprint density at radius 2 is 1.82 bits per heavy atom. The van der Waals surface area contributed by atoms with Gasteiger partial charge in [0.15, 0.2) is 0 Å². The van der Waals surface area contributed by atoms with Crippen LogP contribution in [0.5, 0.6) is 0 Å². The van der Waals surface area contributed by atoms with Gasteiger partial charge in [-0.1, -0.05) is 49.4 Å². The first-order valence-corrected chi connectivity index (χ1v) is 12.9. The van der Waals surface area contributed by atoms with E-state index in [0.717, 1.165) is 18.5 Å². The third-order valence-corrected chi connectivity index (χ3v) is 6.82. The van der Waals surface area contributed by atoms with Gasteiger partial charge in [0.2, 0.25) is 17.7 Å². The monoisotopic (exact) mass is 518 g/mol. The number of fused-ring (bicyclic) bond motifs is 3. The standard InChI is InChI=1S/C28H34N6O4/c1-18(2)25(15-27(36)32-38)28(37)29-16-22-17-34(33-31-22)12-6-5-9-26(35)30-21-10-11-24-20(14-21)13-19-7-3-4-8-23(19)24/h3-4,7-8,10-11,14,17-18,25,38H,5-6,9,12-13,15-16H2,1-2H3,(H,29,37)(H,30,35)(H,32,36). The zero-order valence-electron chi connectivity index (χ0n) is 21.7. The van der Waals surface area contributed by atoms with Crippen LogP contribution in [0.15, 0.2) is 48.7 Å². The molecule has 1 atom stereocenters. The van der Waals surface area contributed by atoms with Gasteiger partial charge in [0.05, 0.1) is 12.7 Å². The molecule has 1 aliphatic carbocycles. The van der Waals surface area contributed by atoms with Crippen LogP contribution >= 0.6 is 0 Å². The molecule has 2 aromatic carbocycles. The molecule has 200 valence electrons. The number of carbonyl (C=O) groups is 3. The van der Waals surface area contributed by atoms with Crippen molar-refractivity contribution in [2.75, 3.05) is 5.32 Å². The van der Waals surface area contributed by atoms with Crippen molar-refractivity contribution in [3.05, 3.63) is 65.5 Å². The van der Waals surface area contributed by atoms with Crippen LogP contribution < -0.4 is 16.1 Å². The van der Waals surface area contributed by atoms with E-state index in [1.165, 1.54) is 22.3 Å². The molecule has 3 aromatic rings. The zero-order valence-corrected chi connectivity index (χ0v) is 21.7. The molecule has 0 radical (unpaired) electrons. The molecule has 0 saturated carbocycles. The van der Waals surface area contributed by atoms with Crippen LogP contribution in [0.3, 0.4) is 0 Å². The van der Waals surface area contributed by atoms with E-state index < -0.39 is 11.8 Å². The summed E-state index contributed by atoms with van der Waals surface area (Å²) in [7, 11) is 0.